The number of ether oxygens (including phenoxy) is 1. The van der Waals surface area contributed by atoms with Gasteiger partial charge in [-0.25, -0.2) is 0 Å². The quantitative estimate of drug-likeness (QED) is 0.202. The van der Waals surface area contributed by atoms with Gasteiger partial charge >= 0.3 is 0 Å². The van der Waals surface area contributed by atoms with Crippen molar-refractivity contribution in [3.63, 3.8) is 0 Å². The minimum absolute atomic E-state index is 0.134. The van der Waals surface area contributed by atoms with Crippen molar-refractivity contribution in [3.8, 4) is 5.75 Å². The second-order valence-corrected chi connectivity index (χ2v) is 11.5. The van der Waals surface area contributed by atoms with Gasteiger partial charge in [0.05, 0.1) is 4.47 Å². The Morgan fingerprint density at radius 3 is 2.35 bits per heavy atom. The highest BCUT2D eigenvalue weighted by Crippen LogP contribution is 2.33. The summed E-state index contributed by atoms with van der Waals surface area (Å²) >= 11 is 9.78. The van der Waals surface area contributed by atoms with Crippen LogP contribution in [0.3, 0.4) is 0 Å². The molecule has 5 nitrogen and oxygen atoms in total. The van der Waals surface area contributed by atoms with Crippen LogP contribution in [0.25, 0.3) is 10.8 Å². The lowest BCUT2D eigenvalue weighted by molar-refractivity contribution is -0.143. The summed E-state index contributed by atoms with van der Waals surface area (Å²) in [7, 11) is 0. The van der Waals surface area contributed by atoms with Crippen LogP contribution >= 0.6 is 27.5 Å². The molecular weight excluding hydrogens is 588 g/mol. The Bertz CT molecular complexity index is 1460. The number of amides is 2. The highest BCUT2D eigenvalue weighted by molar-refractivity contribution is 9.10. The summed E-state index contributed by atoms with van der Waals surface area (Å²) in [6.07, 6.45) is 4.55. The van der Waals surface area contributed by atoms with Crippen molar-refractivity contribution >= 4 is 50.1 Å². The van der Waals surface area contributed by atoms with Crippen molar-refractivity contribution < 1.29 is 14.3 Å². The first-order valence-electron chi connectivity index (χ1n) is 13.7. The topological polar surface area (TPSA) is 58.6 Å². The Hall–Kier alpha value is -3.35. The van der Waals surface area contributed by atoms with Crippen LogP contribution in [0, 0.1) is 0 Å². The van der Waals surface area contributed by atoms with Gasteiger partial charge in [-0.15, -0.1) is 0 Å². The fourth-order valence-corrected chi connectivity index (χ4v) is 5.99. The average molecular weight is 620 g/mol. The van der Waals surface area contributed by atoms with Gasteiger partial charge in [-0.3, -0.25) is 9.59 Å². The van der Waals surface area contributed by atoms with Gasteiger partial charge < -0.3 is 15.0 Å². The molecule has 0 spiro atoms. The third-order valence-electron chi connectivity index (χ3n) is 7.42. The zero-order valence-corrected chi connectivity index (χ0v) is 24.5. The molecule has 0 radical (unpaired) electrons. The third-order valence-corrected chi connectivity index (χ3v) is 8.49. The van der Waals surface area contributed by atoms with Crippen molar-refractivity contribution in [1.82, 2.24) is 10.2 Å². The van der Waals surface area contributed by atoms with E-state index in [1.807, 2.05) is 78.9 Å². The van der Waals surface area contributed by atoms with Gasteiger partial charge in [0.2, 0.25) is 5.91 Å². The molecule has 0 unspecified atom stereocenters. The molecule has 1 atom stereocenters. The number of nitrogens with zero attached hydrogens (tertiary/aromatic N) is 1. The van der Waals surface area contributed by atoms with Gasteiger partial charge in [0.1, 0.15) is 11.8 Å². The summed E-state index contributed by atoms with van der Waals surface area (Å²) in [6, 6.07) is 28.5. The zero-order chi connectivity index (χ0) is 27.9. The van der Waals surface area contributed by atoms with Crippen molar-refractivity contribution in [3.05, 3.63) is 112 Å². The maximum atomic E-state index is 13.9. The summed E-state index contributed by atoms with van der Waals surface area (Å²) in [5.74, 6) is 0.177. The first-order chi connectivity index (χ1) is 19.5. The maximum absolute atomic E-state index is 13.9. The number of benzene rings is 4. The van der Waals surface area contributed by atoms with E-state index in [1.165, 1.54) is 0 Å². The summed E-state index contributed by atoms with van der Waals surface area (Å²) in [5, 5.41) is 5.92. The van der Waals surface area contributed by atoms with Gasteiger partial charge in [0.15, 0.2) is 6.61 Å². The summed E-state index contributed by atoms with van der Waals surface area (Å²) < 4.78 is 6.86. The molecule has 1 fully saturated rings. The summed E-state index contributed by atoms with van der Waals surface area (Å²) in [5.41, 5.74) is 1.87. The van der Waals surface area contributed by atoms with Crippen LogP contribution in [0.2, 0.25) is 5.02 Å². The van der Waals surface area contributed by atoms with Crippen LogP contribution in [-0.2, 0) is 22.6 Å². The first-order valence-corrected chi connectivity index (χ1v) is 14.8. The molecule has 0 saturated heterocycles. The van der Waals surface area contributed by atoms with E-state index in [0.717, 1.165) is 52.1 Å². The highest BCUT2D eigenvalue weighted by Gasteiger charge is 2.32. The predicted octanol–water partition coefficient (Wildman–Crippen LogP) is 7.33. The van der Waals surface area contributed by atoms with Gasteiger partial charge in [-0.1, -0.05) is 97.2 Å². The van der Waals surface area contributed by atoms with Crippen LogP contribution < -0.4 is 10.1 Å². The Kier molecular flexibility index (Phi) is 9.40. The van der Waals surface area contributed by atoms with Crippen LogP contribution in [-0.4, -0.2) is 35.4 Å². The molecule has 40 heavy (non-hydrogen) atoms. The van der Waals surface area contributed by atoms with E-state index in [2.05, 4.69) is 21.2 Å². The molecule has 5 rings (SSSR count). The molecule has 4 aromatic carbocycles. The monoisotopic (exact) mass is 618 g/mol. The fraction of sp³-hybridized carbons (Fsp3) is 0.273. The van der Waals surface area contributed by atoms with Gasteiger partial charge in [0.25, 0.3) is 5.91 Å². The van der Waals surface area contributed by atoms with Crippen molar-refractivity contribution in [2.45, 2.75) is 50.7 Å². The molecule has 0 aromatic heterocycles. The van der Waals surface area contributed by atoms with Gasteiger partial charge in [-0.05, 0) is 68.9 Å². The average Bonchev–Trinajstić information content (AvgIpc) is 3.49. The molecule has 1 aliphatic rings. The number of hydrogen-bond acceptors (Lipinski definition) is 3. The molecule has 2 amide bonds. The minimum atomic E-state index is -0.699. The largest absolute Gasteiger partial charge is 0.483 e. The lowest BCUT2D eigenvalue weighted by Gasteiger charge is -2.32. The Morgan fingerprint density at radius 2 is 1.60 bits per heavy atom. The maximum Gasteiger partial charge on any atom is 0.261 e. The molecule has 1 N–H and O–H groups in total. The number of carbonyl (C=O) groups excluding carboxylic acids is 2. The molecular formula is C33H32BrClN2O3. The highest BCUT2D eigenvalue weighted by atomic mass is 79.9. The number of hydrogen-bond donors (Lipinski definition) is 1. The fourth-order valence-electron chi connectivity index (χ4n) is 5.26. The normalized spacial score (nSPS) is 14.2. The van der Waals surface area contributed by atoms with E-state index in [4.69, 9.17) is 16.3 Å². The van der Waals surface area contributed by atoms with E-state index >= 15 is 0 Å². The lowest BCUT2D eigenvalue weighted by atomic mass is 10.0. The molecule has 1 aliphatic carbocycles. The number of halogens is 2. The third kappa shape index (κ3) is 7.04. The standard InChI is InChI=1S/C33H32BrClN2O3/c34-32-28-13-7-4-10-25(28)16-19-30(32)40-22-31(38)37(21-24-14-17-26(35)18-15-24)29(20-23-8-2-1-3-9-23)33(39)36-27-11-5-6-12-27/h1-4,7-10,13-19,27,29H,5-6,11-12,20-22H2,(H,36,39)/t29-/m0/s1. The minimum Gasteiger partial charge on any atom is -0.483 e. The molecule has 4 aromatic rings. The molecule has 0 heterocycles. The summed E-state index contributed by atoms with van der Waals surface area (Å²) in [4.78, 5) is 29.4. The van der Waals surface area contributed by atoms with Crippen LogP contribution in [0.15, 0.2) is 95.5 Å². The molecule has 206 valence electrons. The van der Waals surface area contributed by atoms with Gasteiger partial charge in [0, 0.05) is 24.0 Å². The van der Waals surface area contributed by atoms with Crippen LogP contribution in [0.4, 0.5) is 0 Å². The van der Waals surface area contributed by atoms with E-state index in [-0.39, 0.29) is 31.0 Å². The van der Waals surface area contributed by atoms with Crippen molar-refractivity contribution in [2.24, 2.45) is 0 Å². The Labute approximate surface area is 248 Å². The Balaban J connectivity index is 1.43. The van der Waals surface area contributed by atoms with E-state index in [9.17, 15) is 9.59 Å². The molecule has 1 saturated carbocycles. The van der Waals surface area contributed by atoms with E-state index in [0.29, 0.717) is 17.2 Å². The van der Waals surface area contributed by atoms with Crippen LogP contribution in [0.5, 0.6) is 5.75 Å². The zero-order valence-electron chi connectivity index (χ0n) is 22.2. The van der Waals surface area contributed by atoms with E-state index in [1.54, 1.807) is 17.0 Å². The molecule has 0 bridgehead atoms. The predicted molar refractivity (Wildman–Crippen MR) is 163 cm³/mol. The first kappa shape index (κ1) is 28.2. The second kappa shape index (κ2) is 13.3. The van der Waals surface area contributed by atoms with Crippen molar-refractivity contribution in [2.75, 3.05) is 6.61 Å². The lowest BCUT2D eigenvalue weighted by Crippen LogP contribution is -2.53. The number of fused-ring (bicyclic) bond motifs is 1. The van der Waals surface area contributed by atoms with Crippen LogP contribution in [0.1, 0.15) is 36.8 Å². The number of nitrogens with one attached hydrogen (secondary N) is 1. The smallest absolute Gasteiger partial charge is 0.261 e. The Morgan fingerprint density at radius 1 is 0.900 bits per heavy atom. The van der Waals surface area contributed by atoms with E-state index < -0.39 is 6.04 Å². The number of carbonyl (C=O) groups is 2. The van der Waals surface area contributed by atoms with Crippen molar-refractivity contribution in [1.29, 1.82) is 0 Å². The number of rotatable bonds is 10. The SMILES string of the molecule is O=C(NC1CCCC1)[C@H](Cc1ccccc1)N(Cc1ccc(Cl)cc1)C(=O)COc1ccc2ccccc2c1Br. The second-order valence-electron chi connectivity index (χ2n) is 10.2. The van der Waals surface area contributed by atoms with Gasteiger partial charge in [-0.2, -0.15) is 0 Å². The summed E-state index contributed by atoms with van der Waals surface area (Å²) in [6.45, 7) is 0.0559. The molecule has 0 aliphatic heterocycles. The molecule has 7 heteroatoms.